The Balaban J connectivity index is 1.54. The molecule has 2 saturated heterocycles. The molecule has 272 valence electrons. The first-order valence-corrected chi connectivity index (χ1v) is 19.3. The fourth-order valence-electron chi connectivity index (χ4n) is 7.24. The molecule has 3 N–H and O–H groups in total. The Labute approximate surface area is 290 Å². The number of hydrogen-bond donors (Lipinski definition) is 3. The SMILES string of the molecule is Cc1ccc(S(=O)(=O)CNC(=O)C(=O)[C@@H]2CCCCCCCCCC[C@H](NC(=O)OC(C)(C)C)C(=O)N3CC4[C@@H](C3C(=O)N2)C4(C)C)cc1. The van der Waals surface area contributed by atoms with Crippen molar-refractivity contribution < 1.29 is 37.1 Å². The van der Waals surface area contributed by atoms with Crippen molar-refractivity contribution in [3.05, 3.63) is 29.8 Å². The molecule has 1 saturated carbocycles. The highest BCUT2D eigenvalue weighted by Crippen LogP contribution is 2.65. The van der Waals surface area contributed by atoms with Crippen LogP contribution in [-0.4, -0.2) is 79.1 Å². The zero-order valence-electron chi connectivity index (χ0n) is 29.8. The number of amides is 4. The Morgan fingerprint density at radius 3 is 2.10 bits per heavy atom. The Morgan fingerprint density at radius 1 is 0.939 bits per heavy atom. The van der Waals surface area contributed by atoms with Gasteiger partial charge >= 0.3 is 6.09 Å². The number of rotatable bonds is 6. The first kappa shape index (κ1) is 38.3. The number of sulfone groups is 1. The second-order valence-corrected chi connectivity index (χ2v) is 17.5. The van der Waals surface area contributed by atoms with Crippen LogP contribution in [0.25, 0.3) is 0 Å². The lowest BCUT2D eigenvalue weighted by Crippen LogP contribution is -2.58. The van der Waals surface area contributed by atoms with Crippen molar-refractivity contribution in [2.45, 2.75) is 134 Å². The molecule has 1 aromatic carbocycles. The van der Waals surface area contributed by atoms with Crippen molar-refractivity contribution in [2.75, 3.05) is 12.4 Å². The van der Waals surface area contributed by atoms with Gasteiger partial charge in [0.15, 0.2) is 9.84 Å². The van der Waals surface area contributed by atoms with E-state index in [2.05, 4.69) is 16.0 Å². The number of alkyl carbamates (subject to hydrolysis) is 1. The minimum Gasteiger partial charge on any atom is -0.444 e. The van der Waals surface area contributed by atoms with Crippen molar-refractivity contribution in [3.8, 4) is 0 Å². The third-order valence-electron chi connectivity index (χ3n) is 10.1. The highest BCUT2D eigenvalue weighted by molar-refractivity contribution is 7.91. The zero-order valence-corrected chi connectivity index (χ0v) is 30.6. The summed E-state index contributed by atoms with van der Waals surface area (Å²) in [6.07, 6.45) is 6.78. The van der Waals surface area contributed by atoms with Crippen molar-refractivity contribution in [1.82, 2.24) is 20.9 Å². The summed E-state index contributed by atoms with van der Waals surface area (Å²) in [6, 6.07) is 3.20. The molecule has 0 aromatic heterocycles. The summed E-state index contributed by atoms with van der Waals surface area (Å²) in [7, 11) is -3.91. The summed E-state index contributed by atoms with van der Waals surface area (Å²) in [4.78, 5) is 69.2. The third kappa shape index (κ3) is 9.82. The van der Waals surface area contributed by atoms with Gasteiger partial charge in [-0.15, -0.1) is 0 Å². The first-order chi connectivity index (χ1) is 22.9. The van der Waals surface area contributed by atoms with E-state index in [1.165, 1.54) is 17.0 Å². The lowest BCUT2D eigenvalue weighted by molar-refractivity contribution is -0.144. The van der Waals surface area contributed by atoms with Crippen LogP contribution in [0.1, 0.15) is 104 Å². The second-order valence-electron chi connectivity index (χ2n) is 15.5. The van der Waals surface area contributed by atoms with E-state index < -0.39 is 63.1 Å². The average molecular weight is 703 g/mol. The maximum absolute atomic E-state index is 14.1. The third-order valence-corrected chi connectivity index (χ3v) is 11.7. The molecule has 49 heavy (non-hydrogen) atoms. The van der Waals surface area contributed by atoms with E-state index in [9.17, 15) is 32.4 Å². The van der Waals surface area contributed by atoms with Gasteiger partial charge in [0.2, 0.25) is 17.6 Å². The highest BCUT2D eigenvalue weighted by Gasteiger charge is 2.69. The summed E-state index contributed by atoms with van der Waals surface area (Å²) >= 11 is 0. The topological polar surface area (TPSA) is 168 Å². The molecule has 0 spiro atoms. The monoisotopic (exact) mass is 702 g/mol. The summed E-state index contributed by atoms with van der Waals surface area (Å²) in [6.45, 7) is 11.5. The largest absolute Gasteiger partial charge is 0.444 e. The number of nitrogens with one attached hydrogen (secondary N) is 3. The van der Waals surface area contributed by atoms with Crippen molar-refractivity contribution in [1.29, 1.82) is 0 Å². The fraction of sp³-hybridized carbons (Fsp3) is 0.694. The van der Waals surface area contributed by atoms with Gasteiger partial charge in [0, 0.05) is 6.54 Å². The number of hydrogen-bond acceptors (Lipinski definition) is 8. The van der Waals surface area contributed by atoms with Gasteiger partial charge < -0.3 is 25.6 Å². The fourth-order valence-corrected chi connectivity index (χ4v) is 8.28. The molecule has 1 aliphatic carbocycles. The molecule has 3 aliphatic rings. The minimum absolute atomic E-state index is 0.0201. The Morgan fingerprint density at radius 2 is 1.51 bits per heavy atom. The van der Waals surface area contributed by atoms with Gasteiger partial charge in [-0.05, 0) is 69.9 Å². The molecule has 12 nitrogen and oxygen atoms in total. The first-order valence-electron chi connectivity index (χ1n) is 17.6. The number of benzene rings is 1. The van der Waals surface area contributed by atoms with E-state index >= 15 is 0 Å². The molecule has 0 bridgehead atoms. The van der Waals surface area contributed by atoms with Gasteiger partial charge in [-0.25, -0.2) is 13.2 Å². The van der Waals surface area contributed by atoms with E-state index in [-0.39, 0.29) is 34.5 Å². The quantitative estimate of drug-likeness (QED) is 0.371. The van der Waals surface area contributed by atoms with Crippen LogP contribution in [0.5, 0.6) is 0 Å². The molecule has 0 radical (unpaired) electrons. The number of nitrogens with zero attached hydrogens (tertiary/aromatic N) is 1. The number of carbonyl (C=O) groups is 5. The van der Waals surface area contributed by atoms with E-state index in [1.807, 2.05) is 20.8 Å². The number of ketones is 1. The smallest absolute Gasteiger partial charge is 0.408 e. The van der Waals surface area contributed by atoms with Crippen LogP contribution in [0.15, 0.2) is 29.2 Å². The lowest BCUT2D eigenvalue weighted by Gasteiger charge is -2.34. The summed E-state index contributed by atoms with van der Waals surface area (Å²) in [5, 5.41) is 7.81. The summed E-state index contributed by atoms with van der Waals surface area (Å²) in [5.41, 5.74) is -0.0975. The number of fused-ring (bicyclic) bond motifs is 3. The Kier molecular flexibility index (Phi) is 12.2. The Hall–Kier alpha value is -3.48. The van der Waals surface area contributed by atoms with Crippen LogP contribution in [-0.2, 0) is 33.8 Å². The predicted molar refractivity (Wildman–Crippen MR) is 184 cm³/mol. The van der Waals surface area contributed by atoms with E-state index in [1.54, 1.807) is 32.9 Å². The maximum atomic E-state index is 14.1. The maximum Gasteiger partial charge on any atom is 0.408 e. The number of carbonyl (C=O) groups excluding carboxylic acids is 5. The molecule has 3 fully saturated rings. The predicted octanol–water partition coefficient (Wildman–Crippen LogP) is 4.19. The van der Waals surface area contributed by atoms with Crippen molar-refractivity contribution >= 4 is 39.4 Å². The molecule has 13 heteroatoms. The normalized spacial score (nSPS) is 26.7. The van der Waals surface area contributed by atoms with Gasteiger partial charge in [-0.2, -0.15) is 0 Å². The van der Waals surface area contributed by atoms with E-state index in [0.29, 0.717) is 19.4 Å². The van der Waals surface area contributed by atoms with Gasteiger partial charge in [-0.3, -0.25) is 19.2 Å². The summed E-state index contributed by atoms with van der Waals surface area (Å²) < 4.78 is 31.1. The Bertz CT molecular complexity index is 1500. The van der Waals surface area contributed by atoms with Crippen molar-refractivity contribution in [3.63, 3.8) is 0 Å². The molecule has 2 heterocycles. The van der Waals surface area contributed by atoms with Crippen LogP contribution >= 0.6 is 0 Å². The van der Waals surface area contributed by atoms with Gasteiger partial charge in [-0.1, -0.05) is 82.9 Å². The van der Waals surface area contributed by atoms with E-state index in [0.717, 1.165) is 50.5 Å². The molecule has 4 rings (SSSR count). The average Bonchev–Trinajstić information content (AvgIpc) is 3.32. The van der Waals surface area contributed by atoms with Crippen LogP contribution < -0.4 is 16.0 Å². The van der Waals surface area contributed by atoms with E-state index in [4.69, 9.17) is 4.74 Å². The molecular formula is C36H54N4O8S. The molecule has 5 atom stereocenters. The van der Waals surface area contributed by atoms with Gasteiger partial charge in [0.1, 0.15) is 23.6 Å². The van der Waals surface area contributed by atoms with Crippen molar-refractivity contribution in [2.24, 2.45) is 17.3 Å². The molecule has 1 aromatic rings. The number of ether oxygens (including phenoxy) is 1. The molecule has 2 aliphatic heterocycles. The van der Waals surface area contributed by atoms with Crippen LogP contribution in [0.3, 0.4) is 0 Å². The number of piperidine rings is 1. The van der Waals surface area contributed by atoms with Crippen LogP contribution in [0, 0.1) is 24.2 Å². The lowest BCUT2D eigenvalue weighted by atomic mass is 9.97. The molecular weight excluding hydrogens is 648 g/mol. The standard InChI is InChI=1S/C36H54N4O8S/c1-23-17-19-24(20-18-23)49(46,47)22-37-32(43)30(41)26-15-13-11-9-7-8-10-12-14-16-27(39-34(45)48-35(2,3)4)33(44)40-21-25-28(36(25,5)6)29(40)31(42)38-26/h17-20,25-29H,7-16,21-22H2,1-6H3,(H,37,43)(H,38,42)(H,39,45)/t25?,26-,27-,28-,29?/m0/s1. The van der Waals surface area contributed by atoms with Gasteiger partial charge in [0.25, 0.3) is 5.91 Å². The molecule has 4 amide bonds. The zero-order chi connectivity index (χ0) is 36.1. The minimum atomic E-state index is -3.91. The highest BCUT2D eigenvalue weighted by atomic mass is 32.2. The van der Waals surface area contributed by atoms with Crippen LogP contribution in [0.2, 0.25) is 0 Å². The second kappa shape index (κ2) is 15.6. The number of aryl methyl sites for hydroxylation is 1. The van der Waals surface area contributed by atoms with Crippen LogP contribution in [0.4, 0.5) is 4.79 Å². The number of Topliss-reactive ketones (excluding diaryl/α,β-unsaturated/α-hetero) is 1. The molecule has 2 unspecified atom stereocenters. The summed E-state index contributed by atoms with van der Waals surface area (Å²) in [5.74, 6) is -3.81. The van der Waals surface area contributed by atoms with Gasteiger partial charge in [0.05, 0.1) is 10.9 Å².